The van der Waals surface area contributed by atoms with Crippen LogP contribution in [0.25, 0.3) is 0 Å². The molecule has 0 aromatic heterocycles. The molecule has 0 saturated heterocycles. The van der Waals surface area contributed by atoms with Gasteiger partial charge in [-0.05, 0) is 12.8 Å². The van der Waals surface area contributed by atoms with Crippen LogP contribution in [-0.2, 0) is 28.5 Å². The van der Waals surface area contributed by atoms with Crippen LogP contribution >= 0.6 is 0 Å². The first-order valence-electron chi connectivity index (χ1n) is 7.39. The Morgan fingerprint density at radius 3 is 1.86 bits per heavy atom. The molecular formula is C14H26O8. The van der Waals surface area contributed by atoms with E-state index < -0.39 is 24.5 Å². The summed E-state index contributed by atoms with van der Waals surface area (Å²) in [5, 5.41) is 18.6. The number of hydrogen-bond donors (Lipinski definition) is 2. The Bertz CT molecular complexity index is 298. The van der Waals surface area contributed by atoms with Gasteiger partial charge in [-0.2, -0.15) is 0 Å². The second-order valence-corrected chi connectivity index (χ2v) is 4.55. The second kappa shape index (κ2) is 12.3. The number of carbonyl (C=O) groups is 2. The first-order valence-corrected chi connectivity index (χ1v) is 7.39. The van der Waals surface area contributed by atoms with E-state index in [9.17, 15) is 14.7 Å². The monoisotopic (exact) mass is 322 g/mol. The largest absolute Gasteiger partial charge is 0.398 e. The third kappa shape index (κ3) is 10.5. The first-order chi connectivity index (χ1) is 10.5. The summed E-state index contributed by atoms with van der Waals surface area (Å²) in [6.07, 6.45) is 1.25. The quantitative estimate of drug-likeness (QED) is 0.284. The predicted octanol–water partition coefficient (Wildman–Crippen LogP) is 0.345. The van der Waals surface area contributed by atoms with Crippen LogP contribution in [-0.4, -0.2) is 61.2 Å². The van der Waals surface area contributed by atoms with Gasteiger partial charge >= 0.3 is 17.9 Å². The number of aliphatic hydroxyl groups excluding tert-OH is 1. The van der Waals surface area contributed by atoms with Gasteiger partial charge in [-0.25, -0.2) is 0 Å². The molecule has 0 radical (unpaired) electrons. The highest BCUT2D eigenvalue weighted by Crippen LogP contribution is 2.14. The van der Waals surface area contributed by atoms with Crippen molar-refractivity contribution in [1.82, 2.24) is 0 Å². The zero-order chi connectivity index (χ0) is 16.8. The van der Waals surface area contributed by atoms with Crippen molar-refractivity contribution in [2.75, 3.05) is 33.0 Å². The zero-order valence-electron chi connectivity index (χ0n) is 13.2. The maximum atomic E-state index is 11.5. The Labute approximate surface area is 130 Å². The van der Waals surface area contributed by atoms with Crippen molar-refractivity contribution >= 4 is 11.9 Å². The molecule has 8 heteroatoms. The van der Waals surface area contributed by atoms with E-state index in [2.05, 4.69) is 0 Å². The molecule has 22 heavy (non-hydrogen) atoms. The smallest absolute Gasteiger partial charge is 0.396 e. The van der Waals surface area contributed by atoms with Crippen LogP contribution in [0.2, 0.25) is 0 Å². The SMILES string of the molecule is CCCC(=O)OC(O)(COCCOCCO)OC(=O)CCC. The van der Waals surface area contributed by atoms with Crippen LogP contribution in [0.15, 0.2) is 0 Å². The third-order valence-electron chi connectivity index (χ3n) is 2.35. The molecule has 0 fully saturated rings. The topological polar surface area (TPSA) is 112 Å². The molecule has 0 atom stereocenters. The Morgan fingerprint density at radius 1 is 0.909 bits per heavy atom. The number of carbonyl (C=O) groups excluding carboxylic acids is 2. The van der Waals surface area contributed by atoms with Gasteiger partial charge in [0.25, 0.3) is 0 Å². The maximum Gasteiger partial charge on any atom is 0.398 e. The van der Waals surface area contributed by atoms with Gasteiger partial charge in [-0.1, -0.05) is 13.8 Å². The summed E-state index contributed by atoms with van der Waals surface area (Å²) in [4.78, 5) is 23.0. The Morgan fingerprint density at radius 2 is 1.41 bits per heavy atom. The fourth-order valence-electron chi connectivity index (χ4n) is 1.43. The van der Waals surface area contributed by atoms with Crippen molar-refractivity contribution < 1.29 is 38.7 Å². The summed E-state index contributed by atoms with van der Waals surface area (Å²) >= 11 is 0. The second-order valence-electron chi connectivity index (χ2n) is 4.55. The Balaban J connectivity index is 4.37. The lowest BCUT2D eigenvalue weighted by Crippen LogP contribution is -2.44. The molecule has 0 aliphatic carbocycles. The van der Waals surface area contributed by atoms with Crippen molar-refractivity contribution in [3.8, 4) is 0 Å². The molecule has 0 amide bonds. The van der Waals surface area contributed by atoms with Crippen LogP contribution in [0.5, 0.6) is 0 Å². The minimum absolute atomic E-state index is 0.0823. The number of rotatable bonds is 13. The zero-order valence-corrected chi connectivity index (χ0v) is 13.2. The van der Waals surface area contributed by atoms with Gasteiger partial charge in [-0.15, -0.1) is 0 Å². The number of esters is 2. The predicted molar refractivity (Wildman–Crippen MR) is 75.7 cm³/mol. The molecule has 0 aliphatic rings. The molecule has 0 bridgehead atoms. The van der Waals surface area contributed by atoms with E-state index >= 15 is 0 Å². The van der Waals surface area contributed by atoms with E-state index in [0.717, 1.165) is 0 Å². The fraction of sp³-hybridized carbons (Fsp3) is 0.857. The summed E-state index contributed by atoms with van der Waals surface area (Å²) in [6, 6.07) is 0. The molecule has 0 aromatic carbocycles. The molecule has 2 N–H and O–H groups in total. The van der Waals surface area contributed by atoms with Crippen LogP contribution in [0, 0.1) is 0 Å². The first kappa shape index (κ1) is 20.8. The molecule has 0 heterocycles. The molecule has 0 rings (SSSR count). The standard InChI is InChI=1S/C14H26O8/c1-3-5-12(16)21-14(18,22-13(17)6-4-2)11-20-10-9-19-8-7-15/h15,18H,3-11H2,1-2H3. The lowest BCUT2D eigenvalue weighted by Gasteiger charge is -2.26. The van der Waals surface area contributed by atoms with E-state index in [0.29, 0.717) is 12.8 Å². The van der Waals surface area contributed by atoms with Crippen LogP contribution in [0.4, 0.5) is 0 Å². The highest BCUT2D eigenvalue weighted by atomic mass is 16.9. The van der Waals surface area contributed by atoms with Crippen LogP contribution in [0.3, 0.4) is 0 Å². The summed E-state index contributed by atoms with van der Waals surface area (Å²) in [7, 11) is 0. The van der Waals surface area contributed by atoms with E-state index in [1.54, 1.807) is 13.8 Å². The Kier molecular flexibility index (Phi) is 11.7. The molecule has 0 unspecified atom stereocenters. The lowest BCUT2D eigenvalue weighted by molar-refractivity contribution is -0.341. The van der Waals surface area contributed by atoms with Gasteiger partial charge in [0.1, 0.15) is 0 Å². The number of hydrogen-bond acceptors (Lipinski definition) is 8. The Hall–Kier alpha value is -1.22. The van der Waals surface area contributed by atoms with Gasteiger partial charge in [-0.3, -0.25) is 9.59 Å². The van der Waals surface area contributed by atoms with Crippen LogP contribution < -0.4 is 0 Å². The van der Waals surface area contributed by atoms with E-state index in [1.165, 1.54) is 0 Å². The maximum absolute atomic E-state index is 11.5. The molecule has 8 nitrogen and oxygen atoms in total. The minimum Gasteiger partial charge on any atom is -0.396 e. The van der Waals surface area contributed by atoms with Crippen molar-refractivity contribution in [3.05, 3.63) is 0 Å². The summed E-state index contributed by atoms with van der Waals surface area (Å²) in [6.45, 7) is 3.37. The lowest BCUT2D eigenvalue weighted by atomic mass is 10.3. The molecule has 0 aliphatic heterocycles. The van der Waals surface area contributed by atoms with Crippen molar-refractivity contribution in [2.24, 2.45) is 0 Å². The number of ether oxygens (including phenoxy) is 4. The van der Waals surface area contributed by atoms with Gasteiger partial charge in [0.15, 0.2) is 6.61 Å². The van der Waals surface area contributed by atoms with Crippen LogP contribution in [0.1, 0.15) is 39.5 Å². The molecule has 0 aromatic rings. The highest BCUT2D eigenvalue weighted by Gasteiger charge is 2.36. The fourth-order valence-corrected chi connectivity index (χ4v) is 1.43. The molecule has 0 saturated carbocycles. The van der Waals surface area contributed by atoms with Gasteiger partial charge in [0.2, 0.25) is 0 Å². The van der Waals surface area contributed by atoms with Gasteiger partial charge in [0.05, 0.1) is 26.4 Å². The summed E-state index contributed by atoms with van der Waals surface area (Å²) < 4.78 is 19.6. The van der Waals surface area contributed by atoms with Crippen molar-refractivity contribution in [2.45, 2.75) is 45.5 Å². The third-order valence-corrected chi connectivity index (χ3v) is 2.35. The van der Waals surface area contributed by atoms with Crippen molar-refractivity contribution in [1.29, 1.82) is 0 Å². The number of aliphatic hydroxyl groups is 2. The van der Waals surface area contributed by atoms with E-state index in [1.807, 2.05) is 0 Å². The van der Waals surface area contributed by atoms with Gasteiger partial charge < -0.3 is 29.2 Å². The molecule has 130 valence electrons. The summed E-state index contributed by atoms with van der Waals surface area (Å²) in [5.74, 6) is -3.81. The molecule has 0 spiro atoms. The average molecular weight is 322 g/mol. The normalized spacial score (nSPS) is 11.3. The van der Waals surface area contributed by atoms with Crippen molar-refractivity contribution in [3.63, 3.8) is 0 Å². The molecular weight excluding hydrogens is 296 g/mol. The van der Waals surface area contributed by atoms with E-state index in [4.69, 9.17) is 24.1 Å². The average Bonchev–Trinajstić information content (AvgIpc) is 2.42. The van der Waals surface area contributed by atoms with E-state index in [-0.39, 0.29) is 39.3 Å². The summed E-state index contributed by atoms with van der Waals surface area (Å²) in [5.41, 5.74) is 0. The minimum atomic E-state index is -2.44. The van der Waals surface area contributed by atoms with Gasteiger partial charge in [0, 0.05) is 12.8 Å². The highest BCUT2D eigenvalue weighted by molar-refractivity contribution is 5.71.